The molecule has 3 nitrogen and oxygen atoms in total. The topological polar surface area (TPSA) is 29.5 Å². The lowest BCUT2D eigenvalue weighted by Gasteiger charge is -2.18. The fourth-order valence-corrected chi connectivity index (χ4v) is 1.69. The zero-order valence-corrected chi connectivity index (χ0v) is 8.59. The maximum Gasteiger partial charge on any atom is 0.415 e. The molecule has 0 spiro atoms. The van der Waals surface area contributed by atoms with Crippen molar-refractivity contribution in [2.24, 2.45) is 0 Å². The van der Waals surface area contributed by atoms with Gasteiger partial charge in [0.15, 0.2) is 0 Å². The molecule has 1 amide bonds. The van der Waals surface area contributed by atoms with E-state index in [1.807, 2.05) is 49.4 Å². The van der Waals surface area contributed by atoms with E-state index in [1.165, 1.54) is 0 Å². The zero-order valence-electron chi connectivity index (χ0n) is 8.59. The van der Waals surface area contributed by atoms with Crippen LogP contribution in [0.15, 0.2) is 42.5 Å². The van der Waals surface area contributed by atoms with E-state index in [9.17, 15) is 4.79 Å². The Bertz CT molecular complexity index is 372. The molecule has 15 heavy (non-hydrogen) atoms. The van der Waals surface area contributed by atoms with E-state index in [0.717, 1.165) is 5.69 Å². The Balaban J connectivity index is 2.29. The first-order valence-corrected chi connectivity index (χ1v) is 4.97. The van der Waals surface area contributed by atoms with E-state index in [0.29, 0.717) is 6.61 Å². The van der Waals surface area contributed by atoms with Gasteiger partial charge in [-0.1, -0.05) is 30.4 Å². The summed E-state index contributed by atoms with van der Waals surface area (Å²) in [5.41, 5.74) is 0.878. The maximum absolute atomic E-state index is 11.5. The van der Waals surface area contributed by atoms with Crippen molar-refractivity contribution in [1.82, 2.24) is 0 Å². The van der Waals surface area contributed by atoms with Gasteiger partial charge in [-0.2, -0.15) is 0 Å². The minimum atomic E-state index is -0.274. The number of nitrogens with zero attached hydrogens (tertiary/aromatic N) is 1. The lowest BCUT2D eigenvalue weighted by Crippen LogP contribution is -2.31. The zero-order chi connectivity index (χ0) is 10.7. The summed E-state index contributed by atoms with van der Waals surface area (Å²) in [6, 6.07) is 9.58. The number of allylic oxidation sites excluding steroid dienone is 1. The number of carbonyl (C=O) groups is 1. The summed E-state index contributed by atoms with van der Waals surface area (Å²) in [5.74, 6) is 0. The van der Waals surface area contributed by atoms with Crippen LogP contribution in [0.2, 0.25) is 0 Å². The second-order valence-electron chi connectivity index (χ2n) is 3.38. The Morgan fingerprint density at radius 2 is 2.13 bits per heavy atom. The van der Waals surface area contributed by atoms with Crippen molar-refractivity contribution in [2.75, 3.05) is 11.5 Å². The van der Waals surface area contributed by atoms with Gasteiger partial charge in [0.05, 0.1) is 6.04 Å². The fraction of sp³-hybridized carbons (Fsp3) is 0.250. The highest BCUT2D eigenvalue weighted by atomic mass is 16.6. The molecule has 2 rings (SSSR count). The Morgan fingerprint density at radius 1 is 1.40 bits per heavy atom. The van der Waals surface area contributed by atoms with Crippen molar-refractivity contribution in [3.05, 3.63) is 42.5 Å². The fourth-order valence-electron chi connectivity index (χ4n) is 1.69. The van der Waals surface area contributed by atoms with Crippen LogP contribution >= 0.6 is 0 Å². The van der Waals surface area contributed by atoms with Crippen LogP contribution in [0.3, 0.4) is 0 Å². The number of ether oxygens (including phenoxy) is 1. The van der Waals surface area contributed by atoms with E-state index in [4.69, 9.17) is 4.74 Å². The summed E-state index contributed by atoms with van der Waals surface area (Å²) in [7, 11) is 0. The average molecular weight is 203 g/mol. The molecule has 0 unspecified atom stereocenters. The van der Waals surface area contributed by atoms with Gasteiger partial charge in [-0.3, -0.25) is 4.90 Å². The number of anilines is 1. The van der Waals surface area contributed by atoms with Gasteiger partial charge in [0.1, 0.15) is 6.61 Å². The standard InChI is InChI=1S/C12H13NO2/c1-2-6-11-9-15-12(14)13(11)10-7-4-3-5-8-10/h2-8,11H,9H2,1H3/b6-2+/t11-/m1/s1. The van der Waals surface area contributed by atoms with Crippen LogP contribution in [0.1, 0.15) is 6.92 Å². The third-order valence-electron chi connectivity index (χ3n) is 2.35. The van der Waals surface area contributed by atoms with E-state index in [-0.39, 0.29) is 12.1 Å². The molecule has 1 aliphatic rings. The third-order valence-corrected chi connectivity index (χ3v) is 2.35. The molecule has 0 bridgehead atoms. The molecule has 0 aromatic heterocycles. The number of para-hydroxylation sites is 1. The van der Waals surface area contributed by atoms with Crippen LogP contribution < -0.4 is 4.90 Å². The van der Waals surface area contributed by atoms with Gasteiger partial charge < -0.3 is 4.74 Å². The van der Waals surface area contributed by atoms with Crippen LogP contribution in [-0.4, -0.2) is 18.7 Å². The van der Waals surface area contributed by atoms with Crippen molar-refractivity contribution >= 4 is 11.8 Å². The summed E-state index contributed by atoms with van der Waals surface area (Å²) < 4.78 is 5.02. The van der Waals surface area contributed by atoms with Gasteiger partial charge in [0.2, 0.25) is 0 Å². The Kier molecular flexibility index (Phi) is 2.72. The first-order valence-electron chi connectivity index (χ1n) is 4.97. The Labute approximate surface area is 89.0 Å². The van der Waals surface area contributed by atoms with Crippen molar-refractivity contribution in [2.45, 2.75) is 13.0 Å². The number of rotatable bonds is 2. The van der Waals surface area contributed by atoms with E-state index >= 15 is 0 Å². The molecule has 1 aromatic carbocycles. The molecule has 78 valence electrons. The number of carbonyl (C=O) groups excluding carboxylic acids is 1. The molecular formula is C12H13NO2. The lowest BCUT2D eigenvalue weighted by atomic mass is 10.2. The molecule has 1 fully saturated rings. The van der Waals surface area contributed by atoms with Gasteiger partial charge in [-0.25, -0.2) is 4.79 Å². The van der Waals surface area contributed by atoms with E-state index in [2.05, 4.69) is 0 Å². The highest BCUT2D eigenvalue weighted by Gasteiger charge is 2.31. The second-order valence-corrected chi connectivity index (χ2v) is 3.38. The summed E-state index contributed by atoms with van der Waals surface area (Å²) in [6.45, 7) is 2.37. The number of hydrogen-bond acceptors (Lipinski definition) is 2. The summed E-state index contributed by atoms with van der Waals surface area (Å²) >= 11 is 0. The molecule has 1 aromatic rings. The molecule has 1 heterocycles. The summed E-state index contributed by atoms with van der Waals surface area (Å²) in [6.07, 6.45) is 3.63. The predicted molar refractivity (Wildman–Crippen MR) is 58.9 cm³/mol. The molecule has 1 saturated heterocycles. The average Bonchev–Trinajstić information content (AvgIpc) is 2.62. The normalized spacial score (nSPS) is 21.0. The first kappa shape index (κ1) is 9.77. The minimum absolute atomic E-state index is 0.0184. The summed E-state index contributed by atoms with van der Waals surface area (Å²) in [5, 5.41) is 0. The van der Waals surface area contributed by atoms with Crippen LogP contribution in [0.5, 0.6) is 0 Å². The molecular weight excluding hydrogens is 190 g/mol. The number of cyclic esters (lactones) is 1. The predicted octanol–water partition coefficient (Wildman–Crippen LogP) is 2.59. The monoisotopic (exact) mass is 203 g/mol. The number of hydrogen-bond donors (Lipinski definition) is 0. The van der Waals surface area contributed by atoms with Crippen LogP contribution in [-0.2, 0) is 4.74 Å². The van der Waals surface area contributed by atoms with Crippen molar-refractivity contribution in [3.63, 3.8) is 0 Å². The second kappa shape index (κ2) is 4.17. The molecule has 0 radical (unpaired) electrons. The minimum Gasteiger partial charge on any atom is -0.447 e. The molecule has 0 saturated carbocycles. The largest absolute Gasteiger partial charge is 0.447 e. The first-order chi connectivity index (χ1) is 7.33. The molecule has 1 atom stereocenters. The molecule has 1 aliphatic heterocycles. The maximum atomic E-state index is 11.5. The third kappa shape index (κ3) is 1.86. The van der Waals surface area contributed by atoms with Gasteiger partial charge in [-0.15, -0.1) is 0 Å². The van der Waals surface area contributed by atoms with Gasteiger partial charge >= 0.3 is 6.09 Å². The highest BCUT2D eigenvalue weighted by molar-refractivity contribution is 5.90. The van der Waals surface area contributed by atoms with Gasteiger partial charge in [0, 0.05) is 5.69 Å². The van der Waals surface area contributed by atoms with E-state index < -0.39 is 0 Å². The number of amides is 1. The Hall–Kier alpha value is -1.77. The Morgan fingerprint density at radius 3 is 2.80 bits per heavy atom. The van der Waals surface area contributed by atoms with Gasteiger partial charge in [0.25, 0.3) is 0 Å². The molecule has 0 aliphatic carbocycles. The van der Waals surface area contributed by atoms with Crippen molar-refractivity contribution in [1.29, 1.82) is 0 Å². The quantitative estimate of drug-likeness (QED) is 0.691. The van der Waals surface area contributed by atoms with Gasteiger partial charge in [-0.05, 0) is 19.1 Å². The van der Waals surface area contributed by atoms with Crippen molar-refractivity contribution < 1.29 is 9.53 Å². The molecule has 3 heteroatoms. The number of benzene rings is 1. The van der Waals surface area contributed by atoms with Crippen molar-refractivity contribution in [3.8, 4) is 0 Å². The van der Waals surface area contributed by atoms with Crippen LogP contribution in [0.25, 0.3) is 0 Å². The van der Waals surface area contributed by atoms with E-state index in [1.54, 1.807) is 4.90 Å². The highest BCUT2D eigenvalue weighted by Crippen LogP contribution is 2.23. The SMILES string of the molecule is C/C=C/[C@@H]1COC(=O)N1c1ccccc1. The molecule has 0 N–H and O–H groups in total. The lowest BCUT2D eigenvalue weighted by molar-refractivity contribution is 0.180. The summed E-state index contributed by atoms with van der Waals surface area (Å²) in [4.78, 5) is 13.2. The van der Waals surface area contributed by atoms with Crippen LogP contribution in [0, 0.1) is 0 Å². The smallest absolute Gasteiger partial charge is 0.415 e. The van der Waals surface area contributed by atoms with Crippen LogP contribution in [0.4, 0.5) is 10.5 Å².